The molecular weight excluding hydrogens is 340 g/mol. The monoisotopic (exact) mass is 370 g/mol. The largest absolute Gasteiger partial charge is 0.370 e. The van der Waals surface area contributed by atoms with Crippen molar-refractivity contribution in [3.05, 3.63) is 30.1 Å². The Labute approximate surface area is 160 Å². The summed E-state index contributed by atoms with van der Waals surface area (Å²) in [5, 5.41) is 0. The van der Waals surface area contributed by atoms with Gasteiger partial charge in [0.1, 0.15) is 26.2 Å². The van der Waals surface area contributed by atoms with Crippen molar-refractivity contribution in [3.63, 3.8) is 0 Å². The Morgan fingerprint density at radius 1 is 1.00 bits per heavy atom. The van der Waals surface area contributed by atoms with Gasteiger partial charge in [-0.05, 0) is 25.0 Å². The molecular formula is C21H30N4O2+2. The number of para-hydroxylation sites is 2. The summed E-state index contributed by atoms with van der Waals surface area (Å²) in [4.78, 5) is 8.65. The number of morpholine rings is 2. The van der Waals surface area contributed by atoms with Crippen LogP contribution in [0.5, 0.6) is 0 Å². The van der Waals surface area contributed by atoms with Crippen molar-refractivity contribution in [1.29, 1.82) is 0 Å². The van der Waals surface area contributed by atoms with Crippen LogP contribution in [-0.2, 0) is 15.1 Å². The number of nitrogens with one attached hydrogen (secondary N) is 2. The highest BCUT2D eigenvalue weighted by Gasteiger charge is 2.65. The summed E-state index contributed by atoms with van der Waals surface area (Å²) in [6.07, 6.45) is 3.94. The molecule has 1 aromatic carbocycles. The average Bonchev–Trinajstić information content (AvgIpc) is 3.38. The molecule has 144 valence electrons. The van der Waals surface area contributed by atoms with Crippen LogP contribution < -0.4 is 9.80 Å². The van der Waals surface area contributed by atoms with Gasteiger partial charge in [0, 0.05) is 6.42 Å². The van der Waals surface area contributed by atoms with Crippen LogP contribution >= 0.6 is 0 Å². The summed E-state index contributed by atoms with van der Waals surface area (Å²) in [5.41, 5.74) is 2.68. The standard InChI is InChI=1S/C21H28N4O2/c1-2-6-18-17(5-1)22-20-19(23-8-12-26-13-9-23)16-4-3-7-21(16,25(18)20)24-10-14-27-15-11-24/h1-2,5-6,16,19H,3-4,7-15H2/p+2/t16-,19+,21+/m1/s1. The molecule has 2 saturated heterocycles. The summed E-state index contributed by atoms with van der Waals surface area (Å²) in [6.45, 7) is 8.01. The minimum absolute atomic E-state index is 0.172. The zero-order chi connectivity index (χ0) is 17.8. The Bertz CT molecular complexity index is 840. The molecule has 3 aliphatic heterocycles. The van der Waals surface area contributed by atoms with E-state index < -0.39 is 0 Å². The third-order valence-electron chi connectivity index (χ3n) is 7.64. The van der Waals surface area contributed by atoms with Gasteiger partial charge in [-0.1, -0.05) is 12.1 Å². The van der Waals surface area contributed by atoms with Gasteiger partial charge in [0.2, 0.25) is 0 Å². The van der Waals surface area contributed by atoms with Crippen LogP contribution in [0.15, 0.2) is 24.3 Å². The Morgan fingerprint density at radius 3 is 2.56 bits per heavy atom. The normalized spacial score (nSPS) is 34.8. The predicted molar refractivity (Wildman–Crippen MR) is 101 cm³/mol. The van der Waals surface area contributed by atoms with E-state index in [1.54, 1.807) is 9.80 Å². The van der Waals surface area contributed by atoms with E-state index in [0.717, 1.165) is 52.6 Å². The van der Waals surface area contributed by atoms with Gasteiger partial charge in [0.05, 0.1) is 43.4 Å². The van der Waals surface area contributed by atoms with Gasteiger partial charge in [-0.3, -0.25) is 4.57 Å². The van der Waals surface area contributed by atoms with Crippen LogP contribution in [0.4, 0.5) is 0 Å². The molecule has 6 rings (SSSR count). The van der Waals surface area contributed by atoms with Gasteiger partial charge in [-0.25, -0.2) is 4.98 Å². The number of hydrogen-bond acceptors (Lipinski definition) is 3. The van der Waals surface area contributed by atoms with Crippen LogP contribution in [-0.4, -0.2) is 62.2 Å². The number of nitrogens with zero attached hydrogens (tertiary/aromatic N) is 2. The fourth-order valence-corrected chi connectivity index (χ4v) is 6.65. The highest BCUT2D eigenvalue weighted by atomic mass is 16.5. The molecule has 4 heterocycles. The molecule has 2 aromatic rings. The van der Waals surface area contributed by atoms with Gasteiger partial charge >= 0.3 is 0 Å². The van der Waals surface area contributed by atoms with Gasteiger partial charge in [-0.2, -0.15) is 0 Å². The van der Waals surface area contributed by atoms with E-state index in [2.05, 4.69) is 28.8 Å². The van der Waals surface area contributed by atoms with Gasteiger partial charge in [-0.15, -0.1) is 0 Å². The average molecular weight is 370 g/mol. The number of ether oxygens (including phenoxy) is 2. The smallest absolute Gasteiger partial charge is 0.187 e. The molecule has 0 bridgehead atoms. The topological polar surface area (TPSA) is 45.2 Å². The Balaban J connectivity index is 1.55. The lowest BCUT2D eigenvalue weighted by atomic mass is 9.89. The molecule has 0 radical (unpaired) electrons. The molecule has 1 saturated carbocycles. The maximum Gasteiger partial charge on any atom is 0.187 e. The molecule has 0 unspecified atom stereocenters. The van der Waals surface area contributed by atoms with Crippen LogP contribution in [0.2, 0.25) is 0 Å². The molecule has 1 aromatic heterocycles. The fraction of sp³-hybridized carbons (Fsp3) is 0.667. The molecule has 0 spiro atoms. The van der Waals surface area contributed by atoms with E-state index in [4.69, 9.17) is 14.5 Å². The molecule has 27 heavy (non-hydrogen) atoms. The van der Waals surface area contributed by atoms with E-state index in [1.165, 1.54) is 36.1 Å². The van der Waals surface area contributed by atoms with Crippen LogP contribution in [0.25, 0.3) is 11.0 Å². The van der Waals surface area contributed by atoms with Gasteiger partial charge in [0.25, 0.3) is 0 Å². The Morgan fingerprint density at radius 2 is 1.74 bits per heavy atom. The number of hydrogen-bond donors (Lipinski definition) is 2. The number of aromatic nitrogens is 2. The Kier molecular flexibility index (Phi) is 3.83. The van der Waals surface area contributed by atoms with Gasteiger partial charge in [0.15, 0.2) is 17.5 Å². The first-order valence-corrected chi connectivity index (χ1v) is 10.7. The first kappa shape index (κ1) is 16.5. The molecule has 4 aliphatic rings. The van der Waals surface area contributed by atoms with Crippen molar-refractivity contribution in [2.75, 3.05) is 52.6 Å². The fourth-order valence-electron chi connectivity index (χ4n) is 6.65. The van der Waals surface area contributed by atoms with E-state index >= 15 is 0 Å². The maximum atomic E-state index is 5.74. The molecule has 3 fully saturated rings. The quantitative estimate of drug-likeness (QED) is 0.740. The van der Waals surface area contributed by atoms with E-state index in [9.17, 15) is 0 Å². The van der Waals surface area contributed by atoms with E-state index in [-0.39, 0.29) is 5.66 Å². The minimum atomic E-state index is 0.172. The first-order chi connectivity index (χ1) is 13.4. The number of fused-ring (bicyclic) bond motifs is 5. The first-order valence-electron chi connectivity index (χ1n) is 10.7. The SMILES string of the molecule is c1ccc2c(c1)nc1n2[C@@]2([NH+]3CCOCC3)CCC[C@@H]2[C@@H]1[NH+]1CCOCC1. The summed E-state index contributed by atoms with van der Waals surface area (Å²) in [6, 6.07) is 9.30. The van der Waals surface area contributed by atoms with Crippen LogP contribution in [0.3, 0.4) is 0 Å². The number of imidazole rings is 1. The third kappa shape index (κ3) is 2.24. The second-order valence-corrected chi connectivity index (χ2v) is 8.68. The van der Waals surface area contributed by atoms with Crippen molar-refractivity contribution in [3.8, 4) is 0 Å². The lowest BCUT2D eigenvalue weighted by Gasteiger charge is -2.42. The number of quaternary nitrogens is 2. The highest BCUT2D eigenvalue weighted by Crippen LogP contribution is 2.51. The molecule has 2 N–H and O–H groups in total. The highest BCUT2D eigenvalue weighted by molar-refractivity contribution is 5.76. The van der Waals surface area contributed by atoms with Crippen molar-refractivity contribution in [1.82, 2.24) is 9.55 Å². The van der Waals surface area contributed by atoms with Gasteiger partial charge < -0.3 is 19.3 Å². The Hall–Kier alpha value is -1.47. The molecule has 0 amide bonds. The van der Waals surface area contributed by atoms with Crippen LogP contribution in [0, 0.1) is 5.92 Å². The maximum absolute atomic E-state index is 5.74. The van der Waals surface area contributed by atoms with Crippen molar-refractivity contribution >= 4 is 11.0 Å². The number of rotatable bonds is 2. The van der Waals surface area contributed by atoms with Crippen molar-refractivity contribution in [2.45, 2.75) is 31.0 Å². The summed E-state index contributed by atoms with van der Waals surface area (Å²) < 4.78 is 14.1. The van der Waals surface area contributed by atoms with Crippen molar-refractivity contribution < 1.29 is 19.3 Å². The second kappa shape index (κ2) is 6.27. The van der Waals surface area contributed by atoms with Crippen molar-refractivity contribution in [2.24, 2.45) is 5.92 Å². The molecule has 6 heteroatoms. The zero-order valence-corrected chi connectivity index (χ0v) is 16.0. The summed E-state index contributed by atoms with van der Waals surface area (Å²) in [7, 11) is 0. The lowest BCUT2D eigenvalue weighted by Crippen LogP contribution is -3.22. The van der Waals surface area contributed by atoms with E-state index in [1.807, 2.05) is 0 Å². The lowest BCUT2D eigenvalue weighted by molar-refractivity contribution is -0.992. The van der Waals surface area contributed by atoms with E-state index in [0.29, 0.717) is 12.0 Å². The number of benzene rings is 1. The summed E-state index contributed by atoms with van der Waals surface area (Å²) in [5.74, 6) is 2.03. The summed E-state index contributed by atoms with van der Waals surface area (Å²) >= 11 is 0. The van der Waals surface area contributed by atoms with Crippen LogP contribution in [0.1, 0.15) is 31.1 Å². The second-order valence-electron chi connectivity index (χ2n) is 8.68. The zero-order valence-electron chi connectivity index (χ0n) is 16.0. The molecule has 6 nitrogen and oxygen atoms in total. The molecule has 3 atom stereocenters. The minimum Gasteiger partial charge on any atom is -0.370 e. The third-order valence-corrected chi connectivity index (χ3v) is 7.64. The predicted octanol–water partition coefficient (Wildman–Crippen LogP) is -0.626. The molecule has 1 aliphatic carbocycles.